The summed E-state index contributed by atoms with van der Waals surface area (Å²) >= 11 is 0. The first kappa shape index (κ1) is 13.6. The number of rotatable bonds is 4. The SMILES string of the molecule is CNC(c1cc2cccc(F)c2o1)c1cccnc1OC. The third kappa shape index (κ3) is 2.36. The predicted octanol–water partition coefficient (Wildman–Crippen LogP) is 3.28. The van der Waals surface area contributed by atoms with Crippen LogP contribution in [0.5, 0.6) is 5.88 Å². The number of nitrogens with zero attached hydrogens (tertiary/aromatic N) is 1. The highest BCUT2D eigenvalue weighted by Crippen LogP contribution is 2.32. The molecular weight excluding hydrogens is 271 g/mol. The van der Waals surface area contributed by atoms with Crippen LogP contribution in [-0.2, 0) is 0 Å². The molecule has 0 spiro atoms. The van der Waals surface area contributed by atoms with Crippen LogP contribution < -0.4 is 10.1 Å². The number of methoxy groups -OCH3 is 1. The minimum absolute atomic E-state index is 0.260. The van der Waals surface area contributed by atoms with Gasteiger partial charge in [0.1, 0.15) is 5.76 Å². The molecule has 0 saturated carbocycles. The van der Waals surface area contributed by atoms with E-state index in [0.29, 0.717) is 11.6 Å². The molecule has 0 radical (unpaired) electrons. The maximum Gasteiger partial charge on any atom is 0.218 e. The lowest BCUT2D eigenvalue weighted by atomic mass is 10.1. The van der Waals surface area contributed by atoms with Crippen molar-refractivity contribution in [2.24, 2.45) is 0 Å². The van der Waals surface area contributed by atoms with Crippen molar-refractivity contribution in [3.05, 3.63) is 59.7 Å². The number of pyridine rings is 1. The Hall–Kier alpha value is -2.40. The molecule has 5 heteroatoms. The fourth-order valence-corrected chi connectivity index (χ4v) is 2.43. The predicted molar refractivity (Wildman–Crippen MR) is 77.9 cm³/mol. The molecule has 1 aromatic carbocycles. The first-order valence-corrected chi connectivity index (χ1v) is 6.58. The summed E-state index contributed by atoms with van der Waals surface area (Å²) in [6, 6.07) is 10.2. The average Bonchev–Trinajstić information content (AvgIpc) is 2.94. The topological polar surface area (TPSA) is 47.3 Å². The van der Waals surface area contributed by atoms with E-state index >= 15 is 0 Å². The Kier molecular flexibility index (Phi) is 3.58. The number of hydrogen-bond donors (Lipinski definition) is 1. The van der Waals surface area contributed by atoms with E-state index in [1.54, 1.807) is 26.4 Å². The normalized spacial score (nSPS) is 12.5. The van der Waals surface area contributed by atoms with Gasteiger partial charge in [-0.05, 0) is 25.2 Å². The minimum atomic E-state index is -0.369. The number of para-hydroxylation sites is 1. The first-order chi connectivity index (χ1) is 10.2. The molecule has 0 aliphatic carbocycles. The van der Waals surface area contributed by atoms with Gasteiger partial charge in [0.25, 0.3) is 0 Å². The highest BCUT2D eigenvalue weighted by Gasteiger charge is 2.21. The Morgan fingerprint density at radius 1 is 1.29 bits per heavy atom. The van der Waals surface area contributed by atoms with Crippen molar-refractivity contribution in [3.8, 4) is 5.88 Å². The Bertz CT molecular complexity index is 770. The number of furan rings is 1. The van der Waals surface area contributed by atoms with Crippen LogP contribution in [0.4, 0.5) is 4.39 Å². The van der Waals surface area contributed by atoms with Gasteiger partial charge in [0.05, 0.1) is 13.2 Å². The molecule has 0 bridgehead atoms. The summed E-state index contributed by atoms with van der Waals surface area (Å²) in [5, 5.41) is 3.88. The van der Waals surface area contributed by atoms with E-state index in [9.17, 15) is 4.39 Å². The third-order valence-corrected chi connectivity index (χ3v) is 3.39. The summed E-state index contributed by atoms with van der Waals surface area (Å²) in [5.74, 6) is 0.758. The van der Waals surface area contributed by atoms with Crippen LogP contribution in [0.15, 0.2) is 47.0 Å². The van der Waals surface area contributed by atoms with E-state index in [1.165, 1.54) is 6.07 Å². The highest BCUT2D eigenvalue weighted by atomic mass is 19.1. The van der Waals surface area contributed by atoms with Crippen molar-refractivity contribution < 1.29 is 13.5 Å². The molecule has 0 saturated heterocycles. The van der Waals surface area contributed by atoms with Crippen LogP contribution in [0, 0.1) is 5.82 Å². The van der Waals surface area contributed by atoms with Crippen molar-refractivity contribution in [3.63, 3.8) is 0 Å². The molecule has 1 N–H and O–H groups in total. The number of fused-ring (bicyclic) bond motifs is 1. The van der Waals surface area contributed by atoms with Gasteiger partial charge in [-0.1, -0.05) is 18.2 Å². The number of halogens is 1. The molecule has 2 heterocycles. The lowest BCUT2D eigenvalue weighted by molar-refractivity contribution is 0.382. The fraction of sp³-hybridized carbons (Fsp3) is 0.188. The lowest BCUT2D eigenvalue weighted by Crippen LogP contribution is -2.18. The average molecular weight is 286 g/mol. The van der Waals surface area contributed by atoms with Gasteiger partial charge in [0.2, 0.25) is 5.88 Å². The number of aromatic nitrogens is 1. The summed E-state index contributed by atoms with van der Waals surface area (Å²) in [4.78, 5) is 4.19. The van der Waals surface area contributed by atoms with E-state index in [1.807, 2.05) is 24.3 Å². The van der Waals surface area contributed by atoms with Crippen molar-refractivity contribution in [1.29, 1.82) is 0 Å². The zero-order valence-corrected chi connectivity index (χ0v) is 11.8. The highest BCUT2D eigenvalue weighted by molar-refractivity contribution is 5.78. The summed E-state index contributed by atoms with van der Waals surface area (Å²) in [6.07, 6.45) is 1.66. The smallest absolute Gasteiger partial charge is 0.218 e. The molecule has 0 aliphatic rings. The number of nitrogens with one attached hydrogen (secondary N) is 1. The molecule has 2 aromatic heterocycles. The minimum Gasteiger partial charge on any atom is -0.481 e. The summed E-state index contributed by atoms with van der Waals surface area (Å²) < 4.78 is 24.7. The quantitative estimate of drug-likeness (QED) is 0.799. The molecule has 108 valence electrons. The zero-order valence-electron chi connectivity index (χ0n) is 11.8. The lowest BCUT2D eigenvalue weighted by Gasteiger charge is -2.16. The molecule has 3 aromatic rings. The fourth-order valence-electron chi connectivity index (χ4n) is 2.43. The van der Waals surface area contributed by atoms with E-state index in [4.69, 9.17) is 9.15 Å². The molecule has 1 atom stereocenters. The Balaban J connectivity index is 2.12. The number of hydrogen-bond acceptors (Lipinski definition) is 4. The van der Waals surface area contributed by atoms with Crippen LogP contribution in [0.1, 0.15) is 17.4 Å². The molecule has 3 rings (SSSR count). The number of ether oxygens (including phenoxy) is 1. The van der Waals surface area contributed by atoms with Gasteiger partial charge >= 0.3 is 0 Å². The van der Waals surface area contributed by atoms with Crippen LogP contribution in [0.2, 0.25) is 0 Å². The second-order valence-corrected chi connectivity index (χ2v) is 4.63. The Morgan fingerprint density at radius 3 is 2.86 bits per heavy atom. The summed E-state index contributed by atoms with van der Waals surface area (Å²) in [5.41, 5.74) is 1.09. The number of benzene rings is 1. The van der Waals surface area contributed by atoms with Crippen molar-refractivity contribution in [2.75, 3.05) is 14.2 Å². The van der Waals surface area contributed by atoms with Crippen LogP contribution in [-0.4, -0.2) is 19.1 Å². The van der Waals surface area contributed by atoms with E-state index < -0.39 is 0 Å². The van der Waals surface area contributed by atoms with Crippen molar-refractivity contribution >= 4 is 11.0 Å². The monoisotopic (exact) mass is 286 g/mol. The Labute approximate surface area is 121 Å². The van der Waals surface area contributed by atoms with Gasteiger partial charge in [-0.2, -0.15) is 0 Å². The zero-order chi connectivity index (χ0) is 14.8. The van der Waals surface area contributed by atoms with E-state index in [2.05, 4.69) is 10.3 Å². The molecule has 0 fully saturated rings. The standard InChI is InChI=1S/C16H15FN2O2/c1-18-14(11-6-4-8-19-16(11)20-2)13-9-10-5-3-7-12(17)15(10)21-13/h3-9,14,18H,1-2H3. The van der Waals surface area contributed by atoms with Gasteiger partial charge in [0, 0.05) is 17.1 Å². The van der Waals surface area contributed by atoms with E-state index in [-0.39, 0.29) is 17.4 Å². The second-order valence-electron chi connectivity index (χ2n) is 4.63. The van der Waals surface area contributed by atoms with Gasteiger partial charge in [0.15, 0.2) is 11.4 Å². The van der Waals surface area contributed by atoms with Gasteiger partial charge < -0.3 is 14.5 Å². The molecule has 1 unspecified atom stereocenters. The van der Waals surface area contributed by atoms with Gasteiger partial charge in [-0.15, -0.1) is 0 Å². The van der Waals surface area contributed by atoms with Crippen LogP contribution >= 0.6 is 0 Å². The summed E-state index contributed by atoms with van der Waals surface area (Å²) in [6.45, 7) is 0. The molecule has 0 amide bonds. The maximum absolute atomic E-state index is 13.8. The van der Waals surface area contributed by atoms with Gasteiger partial charge in [-0.25, -0.2) is 9.37 Å². The summed E-state index contributed by atoms with van der Waals surface area (Å²) in [7, 11) is 3.37. The molecule has 4 nitrogen and oxygen atoms in total. The van der Waals surface area contributed by atoms with Crippen molar-refractivity contribution in [1.82, 2.24) is 10.3 Å². The first-order valence-electron chi connectivity index (χ1n) is 6.58. The molecule has 21 heavy (non-hydrogen) atoms. The maximum atomic E-state index is 13.8. The Morgan fingerprint density at radius 2 is 2.14 bits per heavy atom. The largest absolute Gasteiger partial charge is 0.481 e. The van der Waals surface area contributed by atoms with E-state index in [0.717, 1.165) is 10.9 Å². The third-order valence-electron chi connectivity index (χ3n) is 3.39. The molecule has 0 aliphatic heterocycles. The van der Waals surface area contributed by atoms with Crippen molar-refractivity contribution in [2.45, 2.75) is 6.04 Å². The van der Waals surface area contributed by atoms with Gasteiger partial charge in [-0.3, -0.25) is 0 Å². The van der Waals surface area contributed by atoms with Crippen LogP contribution in [0.25, 0.3) is 11.0 Å². The molecular formula is C16H15FN2O2. The van der Waals surface area contributed by atoms with Crippen LogP contribution in [0.3, 0.4) is 0 Å². The second kappa shape index (κ2) is 5.54.